The van der Waals surface area contributed by atoms with E-state index in [0.29, 0.717) is 12.1 Å². The summed E-state index contributed by atoms with van der Waals surface area (Å²) in [5, 5.41) is 3.55. The first-order chi connectivity index (χ1) is 10.0. The highest BCUT2D eigenvalue weighted by atomic mass is 16.5. The van der Waals surface area contributed by atoms with Gasteiger partial charge in [0.2, 0.25) is 0 Å². The van der Waals surface area contributed by atoms with Crippen molar-refractivity contribution < 1.29 is 4.74 Å². The molecule has 0 amide bonds. The molecule has 0 aliphatic carbocycles. The number of hydrogen-bond acceptors (Lipinski definition) is 3. The Labute approximate surface area is 129 Å². The summed E-state index contributed by atoms with van der Waals surface area (Å²) < 4.78 is 5.76. The van der Waals surface area contributed by atoms with E-state index in [4.69, 9.17) is 4.74 Å². The van der Waals surface area contributed by atoms with Crippen molar-refractivity contribution in [1.29, 1.82) is 0 Å². The largest absolute Gasteiger partial charge is 0.376 e. The minimum absolute atomic E-state index is 0.128. The summed E-state index contributed by atoms with van der Waals surface area (Å²) in [5.41, 5.74) is 1.54. The molecule has 0 aromatic heterocycles. The summed E-state index contributed by atoms with van der Waals surface area (Å²) in [6.45, 7) is 13.9. The number of benzene rings is 1. The highest BCUT2D eigenvalue weighted by molar-refractivity contribution is 5.26. The van der Waals surface area contributed by atoms with Crippen LogP contribution < -0.4 is 5.32 Å². The van der Waals surface area contributed by atoms with Crippen LogP contribution in [0.5, 0.6) is 0 Å². The molecule has 0 saturated carbocycles. The molecule has 1 saturated heterocycles. The number of likely N-dealkylation sites (N-methyl/N-ethyl adjacent to an activating group) is 1. The van der Waals surface area contributed by atoms with Crippen LogP contribution in [0.2, 0.25) is 0 Å². The predicted octanol–water partition coefficient (Wildman–Crippen LogP) is 2.66. The molecule has 0 bridgehead atoms. The molecule has 1 fully saturated rings. The lowest BCUT2D eigenvalue weighted by Gasteiger charge is -2.43. The minimum atomic E-state index is 0.128. The van der Waals surface area contributed by atoms with Gasteiger partial charge >= 0.3 is 0 Å². The van der Waals surface area contributed by atoms with Crippen molar-refractivity contribution in [2.24, 2.45) is 0 Å². The molecule has 1 N–H and O–H groups in total. The van der Waals surface area contributed by atoms with E-state index < -0.39 is 0 Å². The quantitative estimate of drug-likeness (QED) is 0.872. The fourth-order valence-electron chi connectivity index (χ4n) is 3.13. The summed E-state index contributed by atoms with van der Waals surface area (Å²) in [6, 6.07) is 11.4. The molecule has 1 aliphatic heterocycles. The number of ether oxygens (including phenoxy) is 1. The second-order valence-corrected chi connectivity index (χ2v) is 6.63. The SMILES string of the molecule is CCNCC(C)(CN1CC(C)OCC1C)c1ccccc1. The summed E-state index contributed by atoms with van der Waals surface area (Å²) in [7, 11) is 0. The Kier molecular flexibility index (Phi) is 5.80. The third-order valence-corrected chi connectivity index (χ3v) is 4.52. The van der Waals surface area contributed by atoms with E-state index in [0.717, 1.165) is 32.8 Å². The van der Waals surface area contributed by atoms with Crippen LogP contribution in [-0.4, -0.2) is 49.8 Å². The maximum atomic E-state index is 5.76. The topological polar surface area (TPSA) is 24.5 Å². The van der Waals surface area contributed by atoms with Crippen molar-refractivity contribution >= 4 is 0 Å². The standard InChI is InChI=1S/C18H30N2O/c1-5-19-13-18(4,17-9-7-6-8-10-17)14-20-11-16(3)21-12-15(20)2/h6-10,15-16,19H,5,11-14H2,1-4H3. The van der Waals surface area contributed by atoms with Crippen LogP contribution in [0.4, 0.5) is 0 Å². The molecule has 1 aromatic rings. The lowest BCUT2D eigenvalue weighted by atomic mass is 9.81. The minimum Gasteiger partial charge on any atom is -0.376 e. The van der Waals surface area contributed by atoms with Crippen LogP contribution in [0.15, 0.2) is 30.3 Å². The second-order valence-electron chi connectivity index (χ2n) is 6.63. The third-order valence-electron chi connectivity index (χ3n) is 4.52. The molecular weight excluding hydrogens is 260 g/mol. The van der Waals surface area contributed by atoms with Gasteiger partial charge in [-0.05, 0) is 26.0 Å². The lowest BCUT2D eigenvalue weighted by Crippen LogP contribution is -2.54. The Morgan fingerprint density at radius 1 is 1.29 bits per heavy atom. The number of hydrogen-bond donors (Lipinski definition) is 1. The van der Waals surface area contributed by atoms with Crippen molar-refractivity contribution in [3.63, 3.8) is 0 Å². The van der Waals surface area contributed by atoms with Crippen LogP contribution in [0.25, 0.3) is 0 Å². The number of nitrogens with one attached hydrogen (secondary N) is 1. The third kappa shape index (κ3) is 4.29. The van der Waals surface area contributed by atoms with Gasteiger partial charge in [-0.15, -0.1) is 0 Å². The Balaban J connectivity index is 2.15. The highest BCUT2D eigenvalue weighted by Crippen LogP contribution is 2.26. The summed E-state index contributed by atoms with van der Waals surface area (Å²) in [4.78, 5) is 2.58. The van der Waals surface area contributed by atoms with Crippen LogP contribution >= 0.6 is 0 Å². The first-order valence-electron chi connectivity index (χ1n) is 8.17. The normalized spacial score (nSPS) is 26.5. The van der Waals surface area contributed by atoms with Crippen LogP contribution in [0.1, 0.15) is 33.3 Å². The van der Waals surface area contributed by atoms with E-state index in [2.05, 4.69) is 68.2 Å². The van der Waals surface area contributed by atoms with Gasteiger partial charge in [0.25, 0.3) is 0 Å². The van der Waals surface area contributed by atoms with Crippen molar-refractivity contribution in [3.05, 3.63) is 35.9 Å². The van der Waals surface area contributed by atoms with E-state index in [9.17, 15) is 0 Å². The number of nitrogens with zero attached hydrogens (tertiary/aromatic N) is 1. The van der Waals surface area contributed by atoms with Crippen molar-refractivity contribution in [2.75, 3.05) is 32.8 Å². The van der Waals surface area contributed by atoms with Gasteiger partial charge in [-0.1, -0.05) is 44.2 Å². The molecule has 3 heteroatoms. The van der Waals surface area contributed by atoms with Gasteiger partial charge in [-0.2, -0.15) is 0 Å². The first-order valence-corrected chi connectivity index (χ1v) is 8.17. The molecule has 3 nitrogen and oxygen atoms in total. The number of morpholine rings is 1. The van der Waals surface area contributed by atoms with Gasteiger partial charge in [0.1, 0.15) is 0 Å². The van der Waals surface area contributed by atoms with Gasteiger partial charge < -0.3 is 10.1 Å². The van der Waals surface area contributed by atoms with Gasteiger partial charge in [-0.25, -0.2) is 0 Å². The average Bonchev–Trinajstić information content (AvgIpc) is 2.50. The van der Waals surface area contributed by atoms with Crippen LogP contribution in [-0.2, 0) is 10.2 Å². The zero-order valence-electron chi connectivity index (χ0n) is 13.9. The maximum absolute atomic E-state index is 5.76. The molecule has 0 radical (unpaired) electrons. The molecule has 3 unspecified atom stereocenters. The smallest absolute Gasteiger partial charge is 0.0674 e. The van der Waals surface area contributed by atoms with E-state index in [1.807, 2.05) is 0 Å². The van der Waals surface area contributed by atoms with Crippen LogP contribution in [0, 0.1) is 0 Å². The maximum Gasteiger partial charge on any atom is 0.0674 e. The summed E-state index contributed by atoms with van der Waals surface area (Å²) in [5.74, 6) is 0. The number of rotatable bonds is 6. The Morgan fingerprint density at radius 2 is 2.00 bits per heavy atom. The highest BCUT2D eigenvalue weighted by Gasteiger charge is 2.33. The molecule has 1 aromatic carbocycles. The van der Waals surface area contributed by atoms with Gasteiger partial charge in [0, 0.05) is 31.1 Å². The summed E-state index contributed by atoms with van der Waals surface area (Å²) >= 11 is 0. The van der Waals surface area contributed by atoms with Crippen molar-refractivity contribution in [1.82, 2.24) is 10.2 Å². The summed E-state index contributed by atoms with van der Waals surface area (Å²) in [6.07, 6.45) is 0.334. The molecule has 0 spiro atoms. The molecule has 1 heterocycles. The van der Waals surface area contributed by atoms with Gasteiger partial charge in [0.15, 0.2) is 0 Å². The molecule has 21 heavy (non-hydrogen) atoms. The fraction of sp³-hybridized carbons (Fsp3) is 0.667. The van der Waals surface area contributed by atoms with E-state index in [1.54, 1.807) is 0 Å². The fourth-order valence-corrected chi connectivity index (χ4v) is 3.13. The second kappa shape index (κ2) is 7.39. The zero-order chi connectivity index (χ0) is 15.3. The molecule has 118 valence electrons. The lowest BCUT2D eigenvalue weighted by molar-refractivity contribution is -0.0557. The Hall–Kier alpha value is -0.900. The molecule has 2 rings (SSSR count). The first kappa shape index (κ1) is 16.5. The van der Waals surface area contributed by atoms with Crippen molar-refractivity contribution in [2.45, 2.75) is 45.3 Å². The van der Waals surface area contributed by atoms with Crippen molar-refractivity contribution in [3.8, 4) is 0 Å². The van der Waals surface area contributed by atoms with E-state index in [-0.39, 0.29) is 5.41 Å². The predicted molar refractivity (Wildman–Crippen MR) is 88.8 cm³/mol. The van der Waals surface area contributed by atoms with E-state index in [1.165, 1.54) is 5.56 Å². The molecule has 1 aliphatic rings. The Morgan fingerprint density at radius 3 is 2.67 bits per heavy atom. The van der Waals surface area contributed by atoms with E-state index >= 15 is 0 Å². The Bertz CT molecular complexity index is 422. The van der Waals surface area contributed by atoms with Crippen LogP contribution in [0.3, 0.4) is 0 Å². The van der Waals surface area contributed by atoms with Gasteiger partial charge in [-0.3, -0.25) is 4.90 Å². The van der Waals surface area contributed by atoms with Gasteiger partial charge in [0.05, 0.1) is 12.7 Å². The molecule has 3 atom stereocenters. The zero-order valence-corrected chi connectivity index (χ0v) is 13.9. The average molecular weight is 290 g/mol. The monoisotopic (exact) mass is 290 g/mol. The molecular formula is C18H30N2O.